The Balaban J connectivity index is 2.54. The number of anilines is 1. The summed E-state index contributed by atoms with van der Waals surface area (Å²) in [6.45, 7) is 2.54. The Labute approximate surface area is 126 Å². The van der Waals surface area contributed by atoms with Gasteiger partial charge in [-0.1, -0.05) is 6.92 Å². The first-order valence-corrected chi connectivity index (χ1v) is 9.80. The molecule has 0 saturated heterocycles. The van der Waals surface area contributed by atoms with Crippen molar-refractivity contribution in [1.82, 2.24) is 9.03 Å². The first-order chi connectivity index (χ1) is 9.66. The van der Waals surface area contributed by atoms with Crippen molar-refractivity contribution in [3.8, 4) is 0 Å². The molecule has 0 heterocycles. The predicted octanol–water partition coefficient (Wildman–Crippen LogP) is 0.219. The fraction of sp³-hybridized carbons (Fsp3) is 0.500. The van der Waals surface area contributed by atoms with Crippen molar-refractivity contribution < 1.29 is 16.8 Å². The molecule has 0 spiro atoms. The molecule has 7 nitrogen and oxygen atoms in total. The van der Waals surface area contributed by atoms with Crippen LogP contribution in [0.5, 0.6) is 0 Å². The fourth-order valence-corrected chi connectivity index (χ4v) is 3.75. The molecule has 0 bridgehead atoms. The minimum atomic E-state index is -3.59. The molecule has 0 fully saturated rings. The molecular weight excluding hydrogens is 314 g/mol. The maximum Gasteiger partial charge on any atom is 0.240 e. The third-order valence-corrected chi connectivity index (χ3v) is 5.74. The van der Waals surface area contributed by atoms with Crippen LogP contribution < -0.4 is 10.5 Å². The number of nitrogens with one attached hydrogen (secondary N) is 1. The minimum absolute atomic E-state index is 0.132. The lowest BCUT2D eigenvalue weighted by Gasteiger charge is -2.17. The minimum Gasteiger partial charge on any atom is -0.399 e. The number of hydrogen-bond donors (Lipinski definition) is 2. The Bertz CT molecular complexity index is 654. The number of nitrogens with two attached hydrogens (primary N) is 1. The average molecular weight is 335 g/mol. The van der Waals surface area contributed by atoms with Crippen molar-refractivity contribution >= 4 is 25.7 Å². The van der Waals surface area contributed by atoms with Gasteiger partial charge in [-0.3, -0.25) is 0 Å². The molecule has 120 valence electrons. The highest BCUT2D eigenvalue weighted by molar-refractivity contribution is 7.89. The summed E-state index contributed by atoms with van der Waals surface area (Å²) in [6, 6.07) is 5.87. The van der Waals surface area contributed by atoms with Gasteiger partial charge in [0.15, 0.2) is 0 Å². The van der Waals surface area contributed by atoms with E-state index in [-0.39, 0.29) is 18.0 Å². The predicted molar refractivity (Wildman–Crippen MR) is 82.8 cm³/mol. The first kappa shape index (κ1) is 17.9. The molecule has 0 aliphatic heterocycles. The highest BCUT2D eigenvalue weighted by Crippen LogP contribution is 2.11. The molecule has 0 aromatic heterocycles. The highest BCUT2D eigenvalue weighted by Gasteiger charge is 2.15. The van der Waals surface area contributed by atoms with Crippen LogP contribution in [-0.2, 0) is 20.0 Å². The number of benzene rings is 1. The van der Waals surface area contributed by atoms with Crippen LogP contribution in [0.25, 0.3) is 0 Å². The summed E-state index contributed by atoms with van der Waals surface area (Å²) in [5.74, 6) is 0. The molecule has 0 amide bonds. The second-order valence-electron chi connectivity index (χ2n) is 4.58. The third kappa shape index (κ3) is 5.62. The molecule has 0 aliphatic carbocycles. The molecule has 9 heteroatoms. The van der Waals surface area contributed by atoms with Crippen molar-refractivity contribution in [3.63, 3.8) is 0 Å². The van der Waals surface area contributed by atoms with Gasteiger partial charge >= 0.3 is 0 Å². The molecule has 0 saturated carbocycles. The van der Waals surface area contributed by atoms with Crippen LogP contribution >= 0.6 is 0 Å². The van der Waals surface area contributed by atoms with Crippen LogP contribution in [0.2, 0.25) is 0 Å². The summed E-state index contributed by atoms with van der Waals surface area (Å²) in [6.07, 6.45) is 1.53. The van der Waals surface area contributed by atoms with E-state index in [0.29, 0.717) is 18.7 Å². The smallest absolute Gasteiger partial charge is 0.240 e. The van der Waals surface area contributed by atoms with Crippen molar-refractivity contribution in [2.45, 2.75) is 18.2 Å². The lowest BCUT2D eigenvalue weighted by molar-refractivity contribution is 0.424. The summed E-state index contributed by atoms with van der Waals surface area (Å²) >= 11 is 0. The Kier molecular flexibility index (Phi) is 6.14. The second-order valence-corrected chi connectivity index (χ2v) is 8.32. The van der Waals surface area contributed by atoms with Crippen LogP contribution in [0, 0.1) is 0 Å². The van der Waals surface area contributed by atoms with Gasteiger partial charge in [-0.15, -0.1) is 0 Å². The van der Waals surface area contributed by atoms with E-state index in [4.69, 9.17) is 5.73 Å². The van der Waals surface area contributed by atoms with Gasteiger partial charge in [0.1, 0.15) is 0 Å². The number of hydrogen-bond acceptors (Lipinski definition) is 5. The van der Waals surface area contributed by atoms with E-state index in [1.807, 2.05) is 0 Å². The summed E-state index contributed by atoms with van der Waals surface area (Å²) in [7, 11) is -6.84. The largest absolute Gasteiger partial charge is 0.399 e. The van der Waals surface area contributed by atoms with E-state index in [9.17, 15) is 16.8 Å². The highest BCUT2D eigenvalue weighted by atomic mass is 32.2. The zero-order valence-corrected chi connectivity index (χ0v) is 13.7. The Morgan fingerprint density at radius 2 is 1.71 bits per heavy atom. The van der Waals surface area contributed by atoms with Crippen molar-refractivity contribution in [2.75, 3.05) is 31.6 Å². The number of nitrogens with zero attached hydrogens (tertiary/aromatic N) is 1. The van der Waals surface area contributed by atoms with Gasteiger partial charge in [0.2, 0.25) is 20.0 Å². The van der Waals surface area contributed by atoms with Gasteiger partial charge < -0.3 is 5.73 Å². The van der Waals surface area contributed by atoms with Gasteiger partial charge in [0.05, 0.1) is 11.2 Å². The Hall–Kier alpha value is -1.16. The van der Waals surface area contributed by atoms with Gasteiger partial charge in [0, 0.05) is 25.3 Å². The standard InChI is InChI=1S/C12H21N3O4S2/c1-3-15(20(2,16)17)10-4-9-14-21(18,19)12-7-5-11(13)6-8-12/h5-8,14H,3-4,9-10,13H2,1-2H3. The van der Waals surface area contributed by atoms with Crippen LogP contribution in [-0.4, -0.2) is 47.0 Å². The van der Waals surface area contributed by atoms with E-state index in [1.54, 1.807) is 6.92 Å². The third-order valence-electron chi connectivity index (χ3n) is 2.89. The van der Waals surface area contributed by atoms with Crippen LogP contribution in [0.15, 0.2) is 29.2 Å². The maximum absolute atomic E-state index is 12.0. The SMILES string of the molecule is CCN(CCCNS(=O)(=O)c1ccc(N)cc1)S(C)(=O)=O. The van der Waals surface area contributed by atoms with Crippen LogP contribution in [0.4, 0.5) is 5.69 Å². The molecule has 0 radical (unpaired) electrons. The van der Waals surface area contributed by atoms with Gasteiger partial charge in [0.25, 0.3) is 0 Å². The van der Waals surface area contributed by atoms with Gasteiger partial charge in [-0.05, 0) is 30.7 Å². The molecule has 1 rings (SSSR count). The fourth-order valence-electron chi connectivity index (χ4n) is 1.75. The van der Waals surface area contributed by atoms with E-state index in [2.05, 4.69) is 4.72 Å². The van der Waals surface area contributed by atoms with Crippen LogP contribution in [0.3, 0.4) is 0 Å². The van der Waals surface area contributed by atoms with E-state index >= 15 is 0 Å². The maximum atomic E-state index is 12.0. The van der Waals surface area contributed by atoms with Gasteiger partial charge in [-0.25, -0.2) is 25.9 Å². The molecule has 1 aromatic carbocycles. The quantitative estimate of drug-likeness (QED) is 0.522. The van der Waals surface area contributed by atoms with Crippen LogP contribution in [0.1, 0.15) is 13.3 Å². The lowest BCUT2D eigenvalue weighted by Crippen LogP contribution is -2.33. The number of rotatable bonds is 8. The van der Waals surface area contributed by atoms with E-state index in [1.165, 1.54) is 28.6 Å². The first-order valence-electron chi connectivity index (χ1n) is 6.47. The summed E-state index contributed by atoms with van der Waals surface area (Å²) in [4.78, 5) is 0.132. The Morgan fingerprint density at radius 3 is 2.19 bits per heavy atom. The monoisotopic (exact) mass is 335 g/mol. The summed E-state index contributed by atoms with van der Waals surface area (Å²) < 4.78 is 50.4. The van der Waals surface area contributed by atoms with E-state index in [0.717, 1.165) is 6.26 Å². The van der Waals surface area contributed by atoms with Gasteiger partial charge in [-0.2, -0.15) is 0 Å². The van der Waals surface area contributed by atoms with Crippen molar-refractivity contribution in [3.05, 3.63) is 24.3 Å². The zero-order valence-electron chi connectivity index (χ0n) is 12.1. The topological polar surface area (TPSA) is 110 Å². The van der Waals surface area contributed by atoms with Crippen molar-refractivity contribution in [2.24, 2.45) is 0 Å². The van der Waals surface area contributed by atoms with Crippen molar-refractivity contribution in [1.29, 1.82) is 0 Å². The second kappa shape index (κ2) is 7.21. The average Bonchev–Trinajstić information content (AvgIpc) is 2.37. The number of nitrogen functional groups attached to an aromatic ring is 1. The van der Waals surface area contributed by atoms with E-state index < -0.39 is 20.0 Å². The lowest BCUT2D eigenvalue weighted by atomic mass is 10.3. The molecular formula is C12H21N3O4S2. The number of sulfonamides is 2. The zero-order chi connectivity index (χ0) is 16.1. The molecule has 21 heavy (non-hydrogen) atoms. The summed E-state index contributed by atoms with van der Waals surface area (Å²) in [5.41, 5.74) is 5.99. The normalized spacial score (nSPS) is 12.7. The molecule has 1 aromatic rings. The molecule has 0 unspecified atom stereocenters. The molecule has 0 atom stereocenters. The molecule has 0 aliphatic rings. The molecule has 3 N–H and O–H groups in total. The summed E-state index contributed by atoms with van der Waals surface area (Å²) in [5, 5.41) is 0. The Morgan fingerprint density at radius 1 is 1.14 bits per heavy atom.